The molecule has 8 nitrogen and oxygen atoms in total. The maximum absolute atomic E-state index is 14.7. The van der Waals surface area contributed by atoms with Crippen LogP contribution in [-0.4, -0.2) is 30.6 Å². The Morgan fingerprint density at radius 3 is 1.57 bits per heavy atom. The van der Waals surface area contributed by atoms with Gasteiger partial charge in [-0.1, -0.05) is 78.4 Å². The molecule has 2 heterocycles. The molecule has 0 aliphatic rings. The van der Waals surface area contributed by atoms with Gasteiger partial charge in [-0.3, -0.25) is 4.79 Å². The summed E-state index contributed by atoms with van der Waals surface area (Å²) < 4.78 is 64.7. The van der Waals surface area contributed by atoms with Crippen LogP contribution in [0.25, 0.3) is 21.8 Å². The first-order valence-electron chi connectivity index (χ1n) is 14.7. The topological polar surface area (TPSA) is 104 Å². The molecule has 0 bridgehead atoms. The van der Waals surface area contributed by atoms with E-state index in [0.717, 1.165) is 19.1 Å². The lowest BCUT2D eigenvalue weighted by molar-refractivity contribution is 0.102. The van der Waals surface area contributed by atoms with Crippen molar-refractivity contribution in [1.29, 1.82) is 0 Å². The van der Waals surface area contributed by atoms with Gasteiger partial charge in [-0.2, -0.15) is 0 Å². The van der Waals surface area contributed by atoms with Gasteiger partial charge in [0.2, 0.25) is 5.78 Å². The largest absolute Gasteiger partial charge is 0.489 e. The summed E-state index contributed by atoms with van der Waals surface area (Å²) in [5.41, 5.74) is 1.96. The van der Waals surface area contributed by atoms with Gasteiger partial charge in [0.1, 0.15) is 23.7 Å². The third kappa shape index (κ3) is 5.41. The van der Waals surface area contributed by atoms with Crippen molar-refractivity contribution in [3.63, 3.8) is 0 Å². The van der Waals surface area contributed by atoms with Gasteiger partial charge in [-0.15, -0.1) is 0 Å². The number of fused-ring (bicyclic) bond motifs is 2. The van der Waals surface area contributed by atoms with Crippen molar-refractivity contribution in [2.75, 3.05) is 0 Å². The van der Waals surface area contributed by atoms with E-state index in [0.29, 0.717) is 22.0 Å². The Labute approximate surface area is 272 Å². The van der Waals surface area contributed by atoms with Crippen LogP contribution in [0.5, 0.6) is 5.75 Å². The number of ketones is 1. The summed E-state index contributed by atoms with van der Waals surface area (Å²) in [6.07, 6.45) is 0. The number of aromatic nitrogens is 2. The summed E-state index contributed by atoms with van der Waals surface area (Å²) in [6.45, 7) is 2.16. The number of hydrogen-bond acceptors (Lipinski definition) is 6. The minimum Gasteiger partial charge on any atom is -0.489 e. The van der Waals surface area contributed by atoms with Crippen molar-refractivity contribution in [2.24, 2.45) is 0 Å². The third-order valence-electron chi connectivity index (χ3n) is 7.92. The predicted molar refractivity (Wildman–Crippen MR) is 181 cm³/mol. The maximum Gasteiger partial charge on any atom is 0.268 e. The summed E-state index contributed by atoms with van der Waals surface area (Å²) in [5.74, 6) is -0.299. The highest BCUT2D eigenvalue weighted by Gasteiger charge is 2.32. The van der Waals surface area contributed by atoms with Crippen LogP contribution in [0.15, 0.2) is 149 Å². The molecule has 0 unspecified atom stereocenters. The van der Waals surface area contributed by atoms with Crippen LogP contribution in [0.4, 0.5) is 0 Å². The highest BCUT2D eigenvalue weighted by Crippen LogP contribution is 2.33. The molecule has 0 atom stereocenters. The second-order valence-electron chi connectivity index (χ2n) is 11.1. The fraction of sp³-hybridized carbons (Fsp3) is 0.0541. The van der Waals surface area contributed by atoms with Gasteiger partial charge < -0.3 is 4.74 Å². The lowest BCUT2D eigenvalue weighted by Crippen LogP contribution is -2.23. The van der Waals surface area contributed by atoms with Crippen LogP contribution in [0.1, 0.15) is 27.3 Å². The summed E-state index contributed by atoms with van der Waals surface area (Å²) in [6, 6.07) is 38.3. The SMILES string of the molecule is Cc1ccc2c(c1)cc(C(=O)c1cc3cc(OCc4ccccc4)ccc3n1S(=O)(=O)c1ccccc1)n2S(=O)(=O)c1ccccc1. The first-order chi connectivity index (χ1) is 22.6. The Morgan fingerprint density at radius 1 is 0.574 bits per heavy atom. The van der Waals surface area contributed by atoms with E-state index in [-0.39, 0.29) is 33.3 Å². The van der Waals surface area contributed by atoms with Crippen LogP contribution in [0.3, 0.4) is 0 Å². The predicted octanol–water partition coefficient (Wildman–Crippen LogP) is 7.19. The summed E-state index contributed by atoms with van der Waals surface area (Å²) in [7, 11) is -8.59. The van der Waals surface area contributed by atoms with Crippen LogP contribution in [-0.2, 0) is 26.7 Å². The van der Waals surface area contributed by atoms with E-state index in [2.05, 4.69) is 0 Å². The van der Waals surface area contributed by atoms with Gasteiger partial charge in [0.05, 0.1) is 20.8 Å². The zero-order valence-electron chi connectivity index (χ0n) is 25.1. The first-order valence-corrected chi connectivity index (χ1v) is 17.6. The van der Waals surface area contributed by atoms with E-state index in [4.69, 9.17) is 4.74 Å². The van der Waals surface area contributed by atoms with Gasteiger partial charge in [0.25, 0.3) is 20.0 Å². The molecule has 0 spiro atoms. The Kier molecular flexibility index (Phi) is 7.54. The molecule has 0 amide bonds. The Morgan fingerprint density at radius 2 is 1.04 bits per heavy atom. The maximum atomic E-state index is 14.7. The summed E-state index contributed by atoms with van der Waals surface area (Å²) in [4.78, 5) is 14.6. The molecule has 0 fully saturated rings. The van der Waals surface area contributed by atoms with Crippen LogP contribution in [0, 0.1) is 6.92 Å². The van der Waals surface area contributed by atoms with Crippen molar-refractivity contribution in [1.82, 2.24) is 7.94 Å². The Hall–Kier alpha value is -5.45. The average Bonchev–Trinajstić information content (AvgIpc) is 3.67. The normalized spacial score (nSPS) is 12.0. The Balaban J connectivity index is 1.44. The van der Waals surface area contributed by atoms with Crippen molar-refractivity contribution in [3.05, 3.63) is 162 Å². The van der Waals surface area contributed by atoms with E-state index >= 15 is 0 Å². The fourth-order valence-electron chi connectivity index (χ4n) is 5.67. The van der Waals surface area contributed by atoms with E-state index in [1.807, 2.05) is 37.3 Å². The number of rotatable bonds is 9. The van der Waals surface area contributed by atoms with Gasteiger partial charge in [-0.25, -0.2) is 24.8 Å². The van der Waals surface area contributed by atoms with E-state index in [9.17, 15) is 21.6 Å². The molecule has 0 aliphatic heterocycles. The Bertz CT molecular complexity index is 2500. The lowest BCUT2D eigenvalue weighted by atomic mass is 10.1. The number of carbonyl (C=O) groups is 1. The molecule has 0 aliphatic carbocycles. The van der Waals surface area contributed by atoms with Crippen LogP contribution >= 0.6 is 0 Å². The average molecular weight is 661 g/mol. The molecular weight excluding hydrogens is 633 g/mol. The molecule has 7 aromatic rings. The number of ether oxygens (including phenoxy) is 1. The molecular formula is C37H28N2O6S2. The monoisotopic (exact) mass is 660 g/mol. The molecule has 5 aromatic carbocycles. The quantitative estimate of drug-likeness (QED) is 0.152. The number of aryl methyl sites for hydroxylation is 1. The standard InChI is InChI=1S/C37H28N2O6S2/c1-26-17-19-33-28(21-26)23-35(38(33)46(41,42)31-13-7-3-8-14-31)37(40)36-24-29-22-30(45-25-27-11-5-2-6-12-27)18-20-34(29)39(36)47(43,44)32-15-9-4-10-16-32/h2-24H,25H2,1H3. The van der Waals surface area contributed by atoms with E-state index < -0.39 is 25.8 Å². The zero-order chi connectivity index (χ0) is 32.8. The summed E-state index contributed by atoms with van der Waals surface area (Å²) in [5, 5.41) is 0.959. The first kappa shape index (κ1) is 30.2. The molecule has 0 saturated heterocycles. The van der Waals surface area contributed by atoms with Gasteiger partial charge in [-0.05, 0) is 79.2 Å². The fourth-order valence-corrected chi connectivity index (χ4v) is 8.73. The van der Waals surface area contributed by atoms with E-state index in [1.54, 1.807) is 72.8 Å². The molecule has 7 rings (SSSR count). The molecule has 0 N–H and O–H groups in total. The molecule has 234 valence electrons. The van der Waals surface area contributed by atoms with Crippen molar-refractivity contribution in [3.8, 4) is 5.75 Å². The van der Waals surface area contributed by atoms with Crippen LogP contribution < -0.4 is 4.74 Å². The second-order valence-corrected chi connectivity index (χ2v) is 14.7. The number of benzene rings is 5. The van der Waals surface area contributed by atoms with E-state index in [1.165, 1.54) is 36.4 Å². The van der Waals surface area contributed by atoms with Crippen molar-refractivity contribution in [2.45, 2.75) is 23.3 Å². The summed E-state index contributed by atoms with van der Waals surface area (Å²) >= 11 is 0. The molecule has 0 saturated carbocycles. The second kappa shape index (κ2) is 11.7. The molecule has 47 heavy (non-hydrogen) atoms. The highest BCUT2D eigenvalue weighted by atomic mass is 32.2. The zero-order valence-corrected chi connectivity index (χ0v) is 26.8. The minimum absolute atomic E-state index is 0.00946. The van der Waals surface area contributed by atoms with Crippen molar-refractivity contribution < 1.29 is 26.4 Å². The highest BCUT2D eigenvalue weighted by molar-refractivity contribution is 7.90. The van der Waals surface area contributed by atoms with Crippen molar-refractivity contribution >= 4 is 47.6 Å². The van der Waals surface area contributed by atoms with Gasteiger partial charge >= 0.3 is 0 Å². The molecule has 0 radical (unpaired) electrons. The third-order valence-corrected chi connectivity index (χ3v) is 11.4. The number of nitrogens with zero attached hydrogens (tertiary/aromatic N) is 2. The molecule has 10 heteroatoms. The van der Waals surface area contributed by atoms with Gasteiger partial charge in [0, 0.05) is 10.8 Å². The number of hydrogen-bond donors (Lipinski definition) is 0. The number of carbonyl (C=O) groups excluding carboxylic acids is 1. The van der Waals surface area contributed by atoms with Gasteiger partial charge in [0.15, 0.2) is 0 Å². The van der Waals surface area contributed by atoms with Crippen LogP contribution in [0.2, 0.25) is 0 Å². The molecule has 2 aromatic heterocycles. The smallest absolute Gasteiger partial charge is 0.268 e. The lowest BCUT2D eigenvalue weighted by Gasteiger charge is -2.14. The minimum atomic E-state index is -4.31.